The average molecular weight is 596 g/mol. The minimum Gasteiger partial charge on any atom is -0.397 e. The van der Waals surface area contributed by atoms with Gasteiger partial charge >= 0.3 is 0 Å². The Labute approximate surface area is 262 Å². The number of anilines is 1. The van der Waals surface area contributed by atoms with Crippen molar-refractivity contribution in [2.24, 2.45) is 4.99 Å². The maximum atomic E-state index is 16.1. The van der Waals surface area contributed by atoms with Crippen LogP contribution >= 0.6 is 0 Å². The lowest BCUT2D eigenvalue weighted by Crippen LogP contribution is -2.37. The third-order valence-electron chi connectivity index (χ3n) is 7.62. The number of hydrogen-bond acceptors (Lipinski definition) is 5. The summed E-state index contributed by atoms with van der Waals surface area (Å²) in [5, 5.41) is 3.43. The lowest BCUT2D eigenvalue weighted by molar-refractivity contribution is 0.341. The first-order chi connectivity index (χ1) is 21.4. The van der Waals surface area contributed by atoms with Gasteiger partial charge in [0, 0.05) is 50.9 Å². The minimum atomic E-state index is -0.440. The maximum Gasteiger partial charge on any atom is 0.155 e. The number of rotatable bonds is 11. The van der Waals surface area contributed by atoms with Crippen LogP contribution in [0.4, 0.5) is 10.1 Å². The highest BCUT2D eigenvalue weighted by atomic mass is 19.1. The van der Waals surface area contributed by atoms with Crippen LogP contribution in [0.25, 0.3) is 5.57 Å². The van der Waals surface area contributed by atoms with Gasteiger partial charge in [-0.05, 0) is 54.9 Å². The fourth-order valence-corrected chi connectivity index (χ4v) is 5.32. The van der Waals surface area contributed by atoms with Gasteiger partial charge < -0.3 is 20.9 Å². The molecule has 0 aliphatic carbocycles. The zero-order chi connectivity index (χ0) is 32.1. The summed E-state index contributed by atoms with van der Waals surface area (Å²) in [6.45, 7) is 13.3. The zero-order valence-electron chi connectivity index (χ0n) is 26.5. The Balaban J connectivity index is 0.00000259. The van der Waals surface area contributed by atoms with Gasteiger partial charge in [0.2, 0.25) is 0 Å². The third kappa shape index (κ3) is 8.55. The molecule has 3 heterocycles. The molecule has 0 atom stereocenters. The average Bonchev–Trinajstić information content (AvgIpc) is 3.47. The summed E-state index contributed by atoms with van der Waals surface area (Å²) in [4.78, 5) is 19.8. The second-order valence-electron chi connectivity index (χ2n) is 11.0. The first-order valence-corrected chi connectivity index (χ1v) is 15.2. The molecule has 232 valence electrons. The molecule has 1 saturated heterocycles. The molecule has 0 spiro atoms. The Bertz CT molecular complexity index is 1490. The van der Waals surface area contributed by atoms with Crippen molar-refractivity contribution in [3.05, 3.63) is 107 Å². The number of hydrogen-bond donors (Lipinski definition) is 3. The number of imidazole rings is 1. The van der Waals surface area contributed by atoms with Crippen molar-refractivity contribution in [3.63, 3.8) is 0 Å². The molecule has 0 bridgehead atoms. The molecule has 8 heteroatoms. The van der Waals surface area contributed by atoms with E-state index in [4.69, 9.17) is 10.7 Å². The number of amidine groups is 1. The molecular weight excluding hydrogens is 549 g/mol. The fourth-order valence-electron chi connectivity index (χ4n) is 5.32. The largest absolute Gasteiger partial charge is 0.397 e. The predicted molar refractivity (Wildman–Crippen MR) is 182 cm³/mol. The molecule has 0 unspecified atom stereocenters. The van der Waals surface area contributed by atoms with Crippen molar-refractivity contribution in [2.75, 3.05) is 32.4 Å². The van der Waals surface area contributed by atoms with Crippen molar-refractivity contribution in [2.45, 2.75) is 58.9 Å². The highest BCUT2D eigenvalue weighted by Crippen LogP contribution is 2.28. The van der Waals surface area contributed by atoms with Gasteiger partial charge in [0.1, 0.15) is 17.2 Å². The van der Waals surface area contributed by atoms with Gasteiger partial charge in [-0.2, -0.15) is 0 Å². The fraction of sp³-hybridized carbons (Fsp3) is 0.361. The van der Waals surface area contributed by atoms with Crippen molar-refractivity contribution in [1.29, 1.82) is 0 Å². The zero-order valence-corrected chi connectivity index (χ0v) is 26.5. The van der Waals surface area contributed by atoms with Crippen molar-refractivity contribution in [1.82, 2.24) is 25.2 Å². The monoisotopic (exact) mass is 595 g/mol. The van der Waals surface area contributed by atoms with Crippen LogP contribution in [-0.4, -0.2) is 52.4 Å². The van der Waals surface area contributed by atoms with Crippen LogP contribution < -0.4 is 11.1 Å². The summed E-state index contributed by atoms with van der Waals surface area (Å²) in [7, 11) is 1.82. The number of nitrogens with two attached hydrogens (primary N) is 1. The Morgan fingerprint density at radius 1 is 1.18 bits per heavy atom. The smallest absolute Gasteiger partial charge is 0.155 e. The van der Waals surface area contributed by atoms with Crippen LogP contribution in [0.2, 0.25) is 0 Å². The highest BCUT2D eigenvalue weighted by molar-refractivity contribution is 5.98. The SMILES string of the molecule is C#C.C=C/C(=C\C(=C/C)c1ncc(N)c(Cc2nc(C(=NC)N3CCCCC3)c(C(C)C)[nH]2)c1F)CNCc1ccccc1. The number of likely N-dealkylation sites (tertiary alicyclic amines) is 1. The molecule has 0 saturated carbocycles. The summed E-state index contributed by atoms with van der Waals surface area (Å²) in [5.41, 5.74) is 11.9. The van der Waals surface area contributed by atoms with E-state index in [9.17, 15) is 0 Å². The number of pyridine rings is 1. The van der Waals surface area contributed by atoms with Crippen LogP contribution in [0.15, 0.2) is 71.9 Å². The van der Waals surface area contributed by atoms with E-state index in [1.54, 1.807) is 6.08 Å². The number of terminal acetylenes is 1. The lowest BCUT2D eigenvalue weighted by atomic mass is 10.0. The number of piperidine rings is 1. The first-order valence-electron chi connectivity index (χ1n) is 15.2. The van der Waals surface area contributed by atoms with Crippen LogP contribution in [-0.2, 0) is 13.0 Å². The molecule has 0 radical (unpaired) electrons. The number of nitrogen functional groups attached to an aromatic ring is 1. The number of aliphatic imine (C=N–C) groups is 1. The van der Waals surface area contributed by atoms with Gasteiger partial charge in [-0.3, -0.25) is 9.98 Å². The van der Waals surface area contributed by atoms with E-state index in [2.05, 4.69) is 70.6 Å². The summed E-state index contributed by atoms with van der Waals surface area (Å²) >= 11 is 0. The number of aromatic nitrogens is 3. The number of H-pyrrole nitrogens is 1. The van der Waals surface area contributed by atoms with E-state index in [1.165, 1.54) is 18.2 Å². The van der Waals surface area contributed by atoms with Crippen LogP contribution in [0.1, 0.15) is 80.0 Å². The van der Waals surface area contributed by atoms with Gasteiger partial charge in [0.25, 0.3) is 0 Å². The van der Waals surface area contributed by atoms with E-state index in [-0.39, 0.29) is 18.0 Å². The summed E-state index contributed by atoms with van der Waals surface area (Å²) in [5.74, 6) is 1.31. The molecular formula is C36H46FN7. The van der Waals surface area contributed by atoms with Gasteiger partial charge in [0.15, 0.2) is 11.7 Å². The summed E-state index contributed by atoms with van der Waals surface area (Å²) < 4.78 is 16.1. The molecule has 3 aromatic rings. The van der Waals surface area contributed by atoms with E-state index < -0.39 is 5.82 Å². The number of aromatic amines is 1. The van der Waals surface area contributed by atoms with E-state index in [0.29, 0.717) is 29.2 Å². The topological polar surface area (TPSA) is 95.2 Å². The molecule has 1 aliphatic rings. The van der Waals surface area contributed by atoms with Gasteiger partial charge in [-0.25, -0.2) is 9.37 Å². The number of halogens is 1. The van der Waals surface area contributed by atoms with Crippen LogP contribution in [0.3, 0.4) is 0 Å². The maximum absolute atomic E-state index is 16.1. The Kier molecular flexibility index (Phi) is 13.1. The quantitative estimate of drug-likeness (QED) is 0.0998. The van der Waals surface area contributed by atoms with Crippen molar-refractivity contribution >= 4 is 17.1 Å². The second-order valence-corrected chi connectivity index (χ2v) is 11.0. The van der Waals surface area contributed by atoms with Crippen molar-refractivity contribution < 1.29 is 4.39 Å². The predicted octanol–water partition coefficient (Wildman–Crippen LogP) is 6.66. The summed E-state index contributed by atoms with van der Waals surface area (Å²) in [6.07, 6.45) is 18.8. The molecule has 44 heavy (non-hydrogen) atoms. The van der Waals surface area contributed by atoms with Gasteiger partial charge in [-0.15, -0.1) is 12.8 Å². The molecule has 4 rings (SSSR count). The third-order valence-corrected chi connectivity index (χ3v) is 7.62. The van der Waals surface area contributed by atoms with Gasteiger partial charge in [0.05, 0.1) is 11.9 Å². The minimum absolute atomic E-state index is 0.200. The lowest BCUT2D eigenvalue weighted by Gasteiger charge is -2.29. The van der Waals surface area contributed by atoms with Crippen LogP contribution in [0.5, 0.6) is 0 Å². The molecule has 1 fully saturated rings. The van der Waals surface area contributed by atoms with Crippen LogP contribution in [0, 0.1) is 18.7 Å². The van der Waals surface area contributed by atoms with E-state index >= 15 is 4.39 Å². The first kappa shape index (κ1) is 34.0. The Morgan fingerprint density at radius 2 is 1.89 bits per heavy atom. The summed E-state index contributed by atoms with van der Waals surface area (Å²) in [6, 6.07) is 10.2. The molecule has 4 N–H and O–H groups in total. The standard InChI is InChI=1S/C34H44FN7.C2H2/c1-6-24(20-38-21-25-14-10-8-11-15-25)18-26(7-2)32-30(35)27(28(36)22-39-32)19-29-40-31(23(3)4)33(41-29)34(37-5)42-16-12-9-13-17-42;1-2/h6-8,10-11,14-15,18,22-23,38H,1,9,12-13,16-17,19-21,36H2,2-5H3,(H,40,41);1-2H/b24-18+,26-7+,37-34?;. The number of nitrogens with one attached hydrogen (secondary N) is 2. The molecule has 7 nitrogen and oxygen atoms in total. The van der Waals surface area contributed by atoms with E-state index in [0.717, 1.165) is 55.3 Å². The molecule has 1 aromatic carbocycles. The number of nitrogens with zero attached hydrogens (tertiary/aromatic N) is 4. The van der Waals surface area contributed by atoms with Crippen molar-refractivity contribution in [3.8, 4) is 12.8 Å². The van der Waals surface area contributed by atoms with Gasteiger partial charge in [-0.1, -0.05) is 62.9 Å². The second kappa shape index (κ2) is 17.0. The highest BCUT2D eigenvalue weighted by Gasteiger charge is 2.25. The van der Waals surface area contributed by atoms with E-state index in [1.807, 2.05) is 44.3 Å². The number of allylic oxidation sites excluding steroid dienone is 3. The molecule has 2 aromatic heterocycles. The molecule has 1 aliphatic heterocycles. The Hall–Kier alpha value is -4.48. The number of benzene rings is 1. The Morgan fingerprint density at radius 3 is 2.50 bits per heavy atom. The molecule has 0 amide bonds. The normalized spacial score (nSPS) is 14.4.